The summed E-state index contributed by atoms with van der Waals surface area (Å²) >= 11 is 0. The number of nitrogens with zero attached hydrogens (tertiary/aromatic N) is 6. The lowest BCUT2D eigenvalue weighted by Gasteiger charge is -2.07. The Morgan fingerprint density at radius 2 is 1.97 bits per heavy atom. The average molecular weight is 409 g/mol. The molecule has 0 aliphatic rings. The second-order valence-electron chi connectivity index (χ2n) is 6.09. The van der Waals surface area contributed by atoms with E-state index in [1.54, 1.807) is 14.1 Å². The predicted molar refractivity (Wildman–Crippen MR) is 97.3 cm³/mol. The normalized spacial score (nSPS) is 10.9. The van der Waals surface area contributed by atoms with Gasteiger partial charge in [-0.1, -0.05) is 16.5 Å². The van der Waals surface area contributed by atoms with Crippen LogP contribution < -0.4 is 5.32 Å². The predicted octanol–water partition coefficient (Wildman–Crippen LogP) is 1.85. The fraction of sp³-hybridized carbons (Fsp3) is 0.412. The molecule has 0 spiro atoms. The molecule has 0 atom stereocenters. The first-order chi connectivity index (χ1) is 13.8. The lowest BCUT2D eigenvalue weighted by atomic mass is 10.2. The summed E-state index contributed by atoms with van der Waals surface area (Å²) in [6.45, 7) is -0.143. The Labute approximate surface area is 165 Å². The van der Waals surface area contributed by atoms with E-state index in [4.69, 9.17) is 0 Å². The van der Waals surface area contributed by atoms with Gasteiger partial charge in [0.2, 0.25) is 5.82 Å². The smallest absolute Gasteiger partial charge is 0.305 e. The van der Waals surface area contributed by atoms with Gasteiger partial charge in [0, 0.05) is 32.6 Å². The molecular weight excluding hydrogens is 388 g/mol. The summed E-state index contributed by atoms with van der Waals surface area (Å²) in [5.74, 6) is -2.58. The summed E-state index contributed by atoms with van der Waals surface area (Å²) in [6, 6.07) is 3.48. The topological polar surface area (TPSA) is 114 Å². The molecule has 1 N–H and O–H groups in total. The minimum atomic E-state index is -0.759. The molecule has 2 rings (SSSR count). The molecule has 0 aliphatic carbocycles. The van der Waals surface area contributed by atoms with Crippen LogP contribution in [0.25, 0.3) is 0 Å². The molecule has 0 saturated carbocycles. The Morgan fingerprint density at radius 3 is 2.59 bits per heavy atom. The van der Waals surface area contributed by atoms with Gasteiger partial charge in [0.25, 0.3) is 5.91 Å². The van der Waals surface area contributed by atoms with E-state index in [-0.39, 0.29) is 36.6 Å². The molecule has 1 aromatic heterocycles. The Hall–Kier alpha value is -3.44. The van der Waals surface area contributed by atoms with E-state index in [0.29, 0.717) is 6.42 Å². The number of halogens is 2. The molecule has 0 radical (unpaired) electrons. The van der Waals surface area contributed by atoms with Gasteiger partial charge in [0.15, 0.2) is 5.69 Å². The minimum Gasteiger partial charge on any atom is -0.469 e. The second-order valence-corrected chi connectivity index (χ2v) is 6.09. The van der Waals surface area contributed by atoms with E-state index < -0.39 is 23.5 Å². The van der Waals surface area contributed by atoms with Crippen LogP contribution in [0.2, 0.25) is 0 Å². The van der Waals surface area contributed by atoms with Crippen LogP contribution in [-0.4, -0.2) is 59.6 Å². The van der Waals surface area contributed by atoms with E-state index in [9.17, 15) is 18.4 Å². The molecule has 0 unspecified atom stereocenters. The quantitative estimate of drug-likeness (QED) is 0.293. The van der Waals surface area contributed by atoms with Crippen LogP contribution in [-0.2, 0) is 16.1 Å². The Bertz CT molecular complexity index is 879. The molecule has 1 aromatic carbocycles. The first-order valence-corrected chi connectivity index (χ1v) is 8.63. The summed E-state index contributed by atoms with van der Waals surface area (Å²) in [7, 11) is 4.50. The van der Waals surface area contributed by atoms with Gasteiger partial charge < -0.3 is 10.1 Å². The number of carbonyl (C=O) groups excluding carboxylic acids is 2. The van der Waals surface area contributed by atoms with Crippen molar-refractivity contribution in [3.63, 3.8) is 0 Å². The first-order valence-electron chi connectivity index (χ1n) is 8.63. The molecule has 10 nitrogen and oxygen atoms in total. The van der Waals surface area contributed by atoms with E-state index >= 15 is 0 Å². The van der Waals surface area contributed by atoms with Crippen LogP contribution in [0.15, 0.2) is 28.5 Å². The highest BCUT2D eigenvalue weighted by Gasteiger charge is 2.22. The highest BCUT2D eigenvalue weighted by atomic mass is 19.1. The Morgan fingerprint density at radius 1 is 1.28 bits per heavy atom. The van der Waals surface area contributed by atoms with Crippen molar-refractivity contribution in [3.8, 4) is 0 Å². The van der Waals surface area contributed by atoms with Crippen LogP contribution in [0.4, 0.5) is 14.6 Å². The van der Waals surface area contributed by atoms with Gasteiger partial charge in [-0.15, -0.1) is 10.2 Å². The summed E-state index contributed by atoms with van der Waals surface area (Å²) in [6.07, 6.45) is 0.505. The minimum absolute atomic E-state index is 0.0631. The highest BCUT2D eigenvalue weighted by molar-refractivity contribution is 5.96. The Kier molecular flexibility index (Phi) is 7.69. The fourth-order valence-corrected chi connectivity index (χ4v) is 2.25. The SMILES string of the molecule is COC(=O)CCCNC(=O)c1nnn(Cc2c(F)cccc2F)c1N=NN(C)C. The van der Waals surface area contributed by atoms with Gasteiger partial charge in [-0.05, 0) is 18.6 Å². The second kappa shape index (κ2) is 10.2. The van der Waals surface area contributed by atoms with Gasteiger partial charge in [-0.25, -0.2) is 13.5 Å². The molecule has 156 valence electrons. The number of esters is 1. The van der Waals surface area contributed by atoms with Gasteiger partial charge >= 0.3 is 5.97 Å². The third-order valence-electron chi connectivity index (χ3n) is 3.68. The molecule has 12 heteroatoms. The van der Waals surface area contributed by atoms with Crippen molar-refractivity contribution in [1.82, 2.24) is 25.3 Å². The largest absolute Gasteiger partial charge is 0.469 e. The number of hydrogen-bond acceptors (Lipinski definition) is 7. The number of rotatable bonds is 9. The highest BCUT2D eigenvalue weighted by Crippen LogP contribution is 2.21. The summed E-state index contributed by atoms with van der Waals surface area (Å²) < 4.78 is 33.5. The van der Waals surface area contributed by atoms with E-state index in [1.165, 1.54) is 18.2 Å². The van der Waals surface area contributed by atoms with Crippen molar-refractivity contribution in [2.45, 2.75) is 19.4 Å². The van der Waals surface area contributed by atoms with Gasteiger partial charge in [-0.2, -0.15) is 0 Å². The zero-order chi connectivity index (χ0) is 21.4. The molecule has 1 heterocycles. The monoisotopic (exact) mass is 409 g/mol. The zero-order valence-electron chi connectivity index (χ0n) is 16.2. The van der Waals surface area contributed by atoms with Crippen LogP contribution in [0.5, 0.6) is 0 Å². The summed E-state index contributed by atoms with van der Waals surface area (Å²) in [5.41, 5.74) is -0.408. The molecule has 0 saturated heterocycles. The van der Waals surface area contributed by atoms with Crippen molar-refractivity contribution in [2.75, 3.05) is 27.7 Å². The molecule has 29 heavy (non-hydrogen) atoms. The molecule has 2 aromatic rings. The zero-order valence-corrected chi connectivity index (χ0v) is 16.2. The number of benzene rings is 1. The number of aromatic nitrogens is 3. The Balaban J connectivity index is 2.22. The number of nitrogens with one attached hydrogen (secondary N) is 1. The standard InChI is InChI=1S/C17H21F2N7O3/c1-25(2)23-22-16-15(17(28)20-9-5-8-14(27)29-3)21-24-26(16)10-11-12(18)6-4-7-13(11)19/h4,6-7H,5,8-10H2,1-3H3,(H,20,28). The van der Waals surface area contributed by atoms with Crippen LogP contribution in [0.3, 0.4) is 0 Å². The third kappa shape index (κ3) is 6.02. The van der Waals surface area contributed by atoms with Gasteiger partial charge in [0.05, 0.1) is 13.7 Å². The van der Waals surface area contributed by atoms with Gasteiger partial charge in [-0.3, -0.25) is 14.6 Å². The molecular formula is C17H21F2N7O3. The molecule has 0 aliphatic heterocycles. The average Bonchev–Trinajstić information content (AvgIpc) is 3.08. The number of methoxy groups -OCH3 is 1. The van der Waals surface area contributed by atoms with Crippen LogP contribution in [0, 0.1) is 11.6 Å². The van der Waals surface area contributed by atoms with E-state index in [1.807, 2.05) is 0 Å². The molecule has 0 bridgehead atoms. The summed E-state index contributed by atoms with van der Waals surface area (Å²) in [5, 5.41) is 19.3. The molecule has 0 fully saturated rings. The van der Waals surface area contributed by atoms with Crippen molar-refractivity contribution in [1.29, 1.82) is 0 Å². The third-order valence-corrected chi connectivity index (χ3v) is 3.68. The van der Waals surface area contributed by atoms with Gasteiger partial charge in [0.1, 0.15) is 11.6 Å². The van der Waals surface area contributed by atoms with Crippen molar-refractivity contribution in [2.24, 2.45) is 10.3 Å². The van der Waals surface area contributed by atoms with Crippen LogP contribution in [0.1, 0.15) is 28.9 Å². The first kappa shape index (κ1) is 21.9. The number of amides is 1. The lowest BCUT2D eigenvalue weighted by Crippen LogP contribution is -2.25. The maximum absolute atomic E-state index is 14.0. The fourth-order valence-electron chi connectivity index (χ4n) is 2.25. The van der Waals surface area contributed by atoms with E-state index in [0.717, 1.165) is 16.8 Å². The lowest BCUT2D eigenvalue weighted by molar-refractivity contribution is -0.140. The maximum Gasteiger partial charge on any atom is 0.305 e. The molecule has 1 amide bonds. The maximum atomic E-state index is 14.0. The number of carbonyl (C=O) groups is 2. The van der Waals surface area contributed by atoms with Crippen molar-refractivity contribution in [3.05, 3.63) is 41.1 Å². The van der Waals surface area contributed by atoms with E-state index in [2.05, 4.69) is 30.7 Å². The summed E-state index contributed by atoms with van der Waals surface area (Å²) in [4.78, 5) is 23.5. The van der Waals surface area contributed by atoms with Crippen molar-refractivity contribution >= 4 is 17.7 Å². The number of hydrogen-bond donors (Lipinski definition) is 1. The van der Waals surface area contributed by atoms with Crippen molar-refractivity contribution < 1.29 is 23.1 Å². The number of ether oxygens (including phenoxy) is 1. The van der Waals surface area contributed by atoms with Crippen LogP contribution >= 0.6 is 0 Å².